The van der Waals surface area contributed by atoms with E-state index in [-0.39, 0.29) is 25.1 Å². The fourth-order valence-corrected chi connectivity index (χ4v) is 2.15. The number of ether oxygens (including phenoxy) is 1. The first-order valence-electron chi connectivity index (χ1n) is 8.37. The number of aliphatic hydroxyl groups is 1. The van der Waals surface area contributed by atoms with E-state index in [0.29, 0.717) is 0 Å². The lowest BCUT2D eigenvalue weighted by molar-refractivity contribution is -0.137. The van der Waals surface area contributed by atoms with Crippen molar-refractivity contribution in [2.45, 2.75) is 57.8 Å². The van der Waals surface area contributed by atoms with Crippen LogP contribution in [0.25, 0.3) is 0 Å². The van der Waals surface area contributed by atoms with Gasteiger partial charge in [-0.05, 0) is 44.9 Å². The summed E-state index contributed by atoms with van der Waals surface area (Å²) in [5.41, 5.74) is 0.0819. The van der Waals surface area contributed by atoms with Gasteiger partial charge in [0, 0.05) is 12.8 Å². The van der Waals surface area contributed by atoms with Crippen LogP contribution in [0.2, 0.25) is 0 Å². The summed E-state index contributed by atoms with van der Waals surface area (Å²) < 4.78 is 18.0. The Bertz CT molecular complexity index is 622. The molecule has 26 heavy (non-hydrogen) atoms. The molecule has 0 unspecified atom stereocenters. The first kappa shape index (κ1) is 21.6. The first-order valence-corrected chi connectivity index (χ1v) is 8.37. The smallest absolute Gasteiger partial charge is 0.408 e. The number of hydrogen-bond donors (Lipinski definition) is 3. The lowest BCUT2D eigenvalue weighted by Gasteiger charge is -2.22. The molecule has 1 aromatic carbocycles. The van der Waals surface area contributed by atoms with Gasteiger partial charge >= 0.3 is 12.1 Å². The molecule has 144 valence electrons. The molecule has 0 spiro atoms. The lowest BCUT2D eigenvalue weighted by atomic mass is 10.1. The van der Waals surface area contributed by atoms with Crippen molar-refractivity contribution in [1.29, 1.82) is 0 Å². The largest absolute Gasteiger partial charge is 0.481 e. The number of rotatable bonds is 8. The van der Waals surface area contributed by atoms with Gasteiger partial charge in [-0.3, -0.25) is 4.79 Å². The number of aliphatic hydroxyl groups excluding tert-OH is 1. The number of carbonyl (C=O) groups is 2. The third-order valence-corrected chi connectivity index (χ3v) is 3.30. The maximum absolute atomic E-state index is 12.9. The standard InChI is InChI=1S/C19H26FNO5/c1-19(2,3)26-18(25)21-15(9-11-17(23)24)8-10-16(22)12-13-4-6-14(20)7-5-13/h4-8,10,15-16,22H,9,11-12H2,1-3H3,(H,21,25)(H,23,24)/b10-8+/t15-,16+/m0/s1. The minimum Gasteiger partial charge on any atom is -0.481 e. The van der Waals surface area contributed by atoms with Crippen LogP contribution in [0.1, 0.15) is 39.2 Å². The highest BCUT2D eigenvalue weighted by atomic mass is 19.1. The Morgan fingerprint density at radius 3 is 2.38 bits per heavy atom. The Balaban J connectivity index is 2.66. The van der Waals surface area contributed by atoms with Crippen LogP contribution in [0, 0.1) is 5.82 Å². The summed E-state index contributed by atoms with van der Waals surface area (Å²) in [5.74, 6) is -1.34. The summed E-state index contributed by atoms with van der Waals surface area (Å²) in [6.45, 7) is 5.17. The highest BCUT2D eigenvalue weighted by Crippen LogP contribution is 2.10. The third-order valence-electron chi connectivity index (χ3n) is 3.30. The molecule has 0 fully saturated rings. The highest BCUT2D eigenvalue weighted by molar-refractivity contribution is 5.69. The van der Waals surface area contributed by atoms with Crippen LogP contribution in [0.5, 0.6) is 0 Å². The van der Waals surface area contributed by atoms with Crippen molar-refractivity contribution < 1.29 is 28.9 Å². The van der Waals surface area contributed by atoms with Gasteiger partial charge in [-0.15, -0.1) is 0 Å². The molecule has 1 amide bonds. The number of carbonyl (C=O) groups excluding carboxylic acids is 1. The van der Waals surface area contributed by atoms with Crippen molar-refractivity contribution in [1.82, 2.24) is 5.32 Å². The number of amides is 1. The van der Waals surface area contributed by atoms with Crippen LogP contribution in [0.15, 0.2) is 36.4 Å². The van der Waals surface area contributed by atoms with E-state index in [4.69, 9.17) is 9.84 Å². The zero-order chi connectivity index (χ0) is 19.7. The molecule has 0 aliphatic rings. The maximum Gasteiger partial charge on any atom is 0.408 e. The maximum atomic E-state index is 12.9. The zero-order valence-electron chi connectivity index (χ0n) is 15.2. The van der Waals surface area contributed by atoms with Crippen LogP contribution < -0.4 is 5.32 Å². The van der Waals surface area contributed by atoms with Gasteiger partial charge in [-0.25, -0.2) is 9.18 Å². The fraction of sp³-hybridized carbons (Fsp3) is 0.474. The number of halogens is 1. The van der Waals surface area contributed by atoms with E-state index in [0.717, 1.165) is 5.56 Å². The first-order chi connectivity index (χ1) is 12.0. The number of nitrogens with one attached hydrogen (secondary N) is 1. The number of hydrogen-bond acceptors (Lipinski definition) is 4. The van der Waals surface area contributed by atoms with Crippen LogP contribution in [-0.2, 0) is 16.0 Å². The van der Waals surface area contributed by atoms with Gasteiger partial charge in [0.05, 0.1) is 12.1 Å². The van der Waals surface area contributed by atoms with Crippen LogP contribution in [0.3, 0.4) is 0 Å². The number of carboxylic acid groups (broad SMARTS) is 1. The lowest BCUT2D eigenvalue weighted by Crippen LogP contribution is -2.38. The molecule has 0 aliphatic carbocycles. The molecule has 2 atom stereocenters. The quantitative estimate of drug-likeness (QED) is 0.614. The Labute approximate surface area is 152 Å². The Kier molecular flexibility index (Phi) is 8.25. The number of benzene rings is 1. The van der Waals surface area contributed by atoms with Crippen LogP contribution >= 0.6 is 0 Å². The van der Waals surface area contributed by atoms with Gasteiger partial charge < -0.3 is 20.3 Å². The average molecular weight is 367 g/mol. The highest BCUT2D eigenvalue weighted by Gasteiger charge is 2.19. The van der Waals surface area contributed by atoms with Crippen LogP contribution in [0.4, 0.5) is 9.18 Å². The summed E-state index contributed by atoms with van der Waals surface area (Å²) in [6, 6.07) is 5.18. The van der Waals surface area contributed by atoms with E-state index in [2.05, 4.69) is 5.32 Å². The monoisotopic (exact) mass is 367 g/mol. The van der Waals surface area contributed by atoms with Crippen molar-refractivity contribution in [3.8, 4) is 0 Å². The average Bonchev–Trinajstić information content (AvgIpc) is 2.50. The summed E-state index contributed by atoms with van der Waals surface area (Å²) >= 11 is 0. The molecule has 0 aliphatic heterocycles. The molecule has 0 saturated heterocycles. The Morgan fingerprint density at radius 1 is 1.23 bits per heavy atom. The van der Waals surface area contributed by atoms with Crippen molar-refractivity contribution in [2.24, 2.45) is 0 Å². The second-order valence-electron chi connectivity index (χ2n) is 6.97. The molecule has 1 aromatic rings. The Morgan fingerprint density at radius 2 is 1.85 bits per heavy atom. The van der Waals surface area contributed by atoms with E-state index in [1.54, 1.807) is 39.0 Å². The van der Waals surface area contributed by atoms with Gasteiger partial charge in [0.15, 0.2) is 0 Å². The minimum absolute atomic E-state index is 0.140. The molecule has 3 N–H and O–H groups in total. The predicted molar refractivity (Wildman–Crippen MR) is 95.3 cm³/mol. The number of carboxylic acids is 1. The predicted octanol–water partition coefficient (Wildman–Crippen LogP) is 3.04. The molecule has 0 heterocycles. The number of aliphatic carboxylic acids is 1. The summed E-state index contributed by atoms with van der Waals surface area (Å²) in [7, 11) is 0. The van der Waals surface area contributed by atoms with Gasteiger partial charge in [0.1, 0.15) is 11.4 Å². The molecule has 0 bridgehead atoms. The van der Waals surface area contributed by atoms with E-state index >= 15 is 0 Å². The third kappa shape index (κ3) is 9.78. The van der Waals surface area contributed by atoms with E-state index in [1.807, 2.05) is 0 Å². The van der Waals surface area contributed by atoms with E-state index in [9.17, 15) is 19.1 Å². The second-order valence-corrected chi connectivity index (χ2v) is 6.97. The van der Waals surface area contributed by atoms with Crippen molar-refractivity contribution in [3.63, 3.8) is 0 Å². The molecule has 0 aromatic heterocycles. The molecule has 6 nitrogen and oxygen atoms in total. The fourth-order valence-electron chi connectivity index (χ4n) is 2.15. The summed E-state index contributed by atoms with van der Waals surface area (Å²) in [5, 5.41) is 21.5. The van der Waals surface area contributed by atoms with Gasteiger partial charge in [0.2, 0.25) is 0 Å². The molecule has 1 rings (SSSR count). The molecule has 7 heteroatoms. The van der Waals surface area contributed by atoms with Crippen molar-refractivity contribution >= 4 is 12.1 Å². The van der Waals surface area contributed by atoms with Gasteiger partial charge in [-0.2, -0.15) is 0 Å². The number of alkyl carbamates (subject to hydrolysis) is 1. The minimum atomic E-state index is -0.985. The molecular weight excluding hydrogens is 341 g/mol. The van der Waals surface area contributed by atoms with Crippen molar-refractivity contribution in [2.75, 3.05) is 0 Å². The zero-order valence-corrected chi connectivity index (χ0v) is 15.2. The molecule has 0 radical (unpaired) electrons. The van der Waals surface area contributed by atoms with Gasteiger partial charge in [-0.1, -0.05) is 24.3 Å². The molecular formula is C19H26FNO5. The van der Waals surface area contributed by atoms with E-state index in [1.165, 1.54) is 18.2 Å². The second kappa shape index (κ2) is 9.91. The summed E-state index contributed by atoms with van der Waals surface area (Å²) in [4.78, 5) is 22.6. The topological polar surface area (TPSA) is 95.9 Å². The van der Waals surface area contributed by atoms with Gasteiger partial charge in [0.25, 0.3) is 0 Å². The Hall–Kier alpha value is -2.41. The molecule has 0 saturated carbocycles. The summed E-state index contributed by atoms with van der Waals surface area (Å²) in [6.07, 6.45) is 1.80. The SMILES string of the molecule is CC(C)(C)OC(=O)N[C@@H](/C=C/[C@@H](O)Cc1ccc(F)cc1)CCC(=O)O. The van der Waals surface area contributed by atoms with Crippen molar-refractivity contribution in [3.05, 3.63) is 47.8 Å². The normalized spacial score (nSPS) is 14.0. The van der Waals surface area contributed by atoms with E-state index < -0.39 is 29.8 Å². The van der Waals surface area contributed by atoms with Crippen LogP contribution in [-0.4, -0.2) is 40.0 Å².